The van der Waals surface area contributed by atoms with Crippen LogP contribution in [0, 0.1) is 0 Å². The van der Waals surface area contributed by atoms with E-state index in [1.54, 1.807) is 0 Å². The summed E-state index contributed by atoms with van der Waals surface area (Å²) in [6.45, 7) is 11.3. The van der Waals surface area contributed by atoms with E-state index in [-0.39, 0.29) is 5.41 Å². The highest BCUT2D eigenvalue weighted by molar-refractivity contribution is 6.28. The quantitative estimate of drug-likeness (QED) is 0.114. The number of benzene rings is 10. The molecule has 0 spiro atoms. The molecule has 68 heavy (non-hydrogen) atoms. The van der Waals surface area contributed by atoms with Crippen LogP contribution < -0.4 is 9.80 Å². The zero-order valence-corrected chi connectivity index (χ0v) is 39.7. The van der Waals surface area contributed by atoms with Gasteiger partial charge in [0.1, 0.15) is 11.2 Å². The maximum atomic E-state index is 7.08. The van der Waals surface area contributed by atoms with Crippen LogP contribution in [0.5, 0.6) is 0 Å². The molecule has 0 aliphatic carbocycles. The third kappa shape index (κ3) is 6.80. The first-order valence-corrected chi connectivity index (χ1v) is 24.6. The Bertz CT molecular complexity index is 3810. The van der Waals surface area contributed by atoms with E-state index in [2.05, 4.69) is 220 Å². The third-order valence-electron chi connectivity index (χ3n) is 14.4. The van der Waals surface area contributed by atoms with Crippen LogP contribution in [0.1, 0.15) is 77.0 Å². The van der Waals surface area contributed by atoms with Gasteiger partial charge in [-0.25, -0.2) is 0 Å². The Kier molecular flexibility index (Phi) is 10.2. The van der Waals surface area contributed by atoms with Crippen LogP contribution in [0.3, 0.4) is 0 Å². The molecule has 12 aromatic rings. The van der Waals surface area contributed by atoms with Gasteiger partial charge in [0.25, 0.3) is 0 Å². The monoisotopic (exact) mass is 884 g/mol. The fourth-order valence-corrected chi connectivity index (χ4v) is 10.9. The first kappa shape index (κ1) is 41.8. The number of rotatable bonds is 12. The molecule has 0 saturated heterocycles. The summed E-state index contributed by atoms with van der Waals surface area (Å²) in [5, 5.41) is 11.8. The van der Waals surface area contributed by atoms with Gasteiger partial charge in [0, 0.05) is 43.7 Å². The number of hydrogen-bond donors (Lipinski definition) is 0. The van der Waals surface area contributed by atoms with Gasteiger partial charge in [0.15, 0.2) is 11.2 Å². The van der Waals surface area contributed by atoms with Crippen molar-refractivity contribution in [2.45, 2.75) is 78.6 Å². The van der Waals surface area contributed by atoms with Crippen LogP contribution in [-0.4, -0.2) is 0 Å². The molecule has 0 aliphatic heterocycles. The number of furan rings is 2. The van der Waals surface area contributed by atoms with E-state index in [9.17, 15) is 0 Å². The van der Waals surface area contributed by atoms with Crippen molar-refractivity contribution < 1.29 is 8.83 Å². The summed E-state index contributed by atoms with van der Waals surface area (Å²) in [6, 6.07) is 64.9. The minimum atomic E-state index is 0.0167. The molecule has 0 unspecified atom stereocenters. The Labute approximate surface area is 398 Å². The van der Waals surface area contributed by atoms with Crippen molar-refractivity contribution in [1.29, 1.82) is 0 Å². The van der Waals surface area contributed by atoms with E-state index in [4.69, 9.17) is 8.83 Å². The lowest BCUT2D eigenvalue weighted by atomic mass is 9.87. The topological polar surface area (TPSA) is 32.8 Å². The molecular weight excluding hydrogens is 829 g/mol. The van der Waals surface area contributed by atoms with Gasteiger partial charge in [-0.15, -0.1) is 0 Å². The second-order valence-corrected chi connectivity index (χ2v) is 19.7. The Balaban J connectivity index is 1.10. The van der Waals surface area contributed by atoms with Crippen molar-refractivity contribution in [3.8, 4) is 0 Å². The highest BCUT2D eigenvalue weighted by Gasteiger charge is 2.26. The van der Waals surface area contributed by atoms with Crippen molar-refractivity contribution in [3.63, 3.8) is 0 Å². The van der Waals surface area contributed by atoms with E-state index in [0.717, 1.165) is 106 Å². The van der Waals surface area contributed by atoms with Crippen molar-refractivity contribution in [2.24, 2.45) is 0 Å². The molecule has 0 amide bonds. The second-order valence-electron chi connectivity index (χ2n) is 19.7. The van der Waals surface area contributed by atoms with Crippen molar-refractivity contribution in [1.82, 2.24) is 0 Å². The van der Waals surface area contributed by atoms with Gasteiger partial charge in [-0.1, -0.05) is 175 Å². The van der Waals surface area contributed by atoms with Crippen LogP contribution in [0.2, 0.25) is 0 Å². The Morgan fingerprint density at radius 3 is 1.25 bits per heavy atom. The van der Waals surface area contributed by atoms with Crippen molar-refractivity contribution >= 4 is 110 Å². The van der Waals surface area contributed by atoms with Gasteiger partial charge in [-0.05, 0) is 118 Å². The fraction of sp³-hybridized carbons (Fsp3) is 0.188. The largest absolute Gasteiger partial charge is 0.454 e. The minimum absolute atomic E-state index is 0.0167. The number of para-hydroxylation sites is 5. The van der Waals surface area contributed by atoms with Gasteiger partial charge in [-0.3, -0.25) is 0 Å². The summed E-state index contributed by atoms with van der Waals surface area (Å²) >= 11 is 0. The van der Waals surface area contributed by atoms with Crippen LogP contribution in [0.4, 0.5) is 34.1 Å². The third-order valence-corrected chi connectivity index (χ3v) is 14.4. The maximum Gasteiger partial charge on any atom is 0.159 e. The molecule has 0 bridgehead atoms. The Morgan fingerprint density at radius 1 is 0.368 bits per heavy atom. The van der Waals surface area contributed by atoms with Crippen molar-refractivity contribution in [3.05, 3.63) is 193 Å². The summed E-state index contributed by atoms with van der Waals surface area (Å²) in [5.41, 5.74) is 14.0. The lowest BCUT2D eigenvalue weighted by Crippen LogP contribution is -2.13. The molecule has 4 heteroatoms. The first-order chi connectivity index (χ1) is 33.3. The van der Waals surface area contributed by atoms with E-state index >= 15 is 0 Å². The number of aryl methyl sites for hydroxylation is 2. The number of hydrogen-bond acceptors (Lipinski definition) is 4. The van der Waals surface area contributed by atoms with E-state index < -0.39 is 0 Å². The SMILES string of the molecule is CCCCc1cccc2c1oc1c(N(c3ccccc3)c3ccc4ccc5c(N(c6ccc(C(C)(C)C)cc6)c6cccc7c6oc6c(CCCC)cccc67)ccc6ccc3c4c65)cccc12. The van der Waals surface area contributed by atoms with E-state index in [1.807, 2.05) is 0 Å². The summed E-state index contributed by atoms with van der Waals surface area (Å²) in [7, 11) is 0. The molecular formula is C64H56N2O2. The average Bonchev–Trinajstić information content (AvgIpc) is 3.96. The van der Waals surface area contributed by atoms with Crippen LogP contribution >= 0.6 is 0 Å². The zero-order chi connectivity index (χ0) is 46.1. The maximum absolute atomic E-state index is 7.08. The number of nitrogens with zero attached hydrogens (tertiary/aromatic N) is 2. The van der Waals surface area contributed by atoms with E-state index in [1.165, 1.54) is 59.8 Å². The molecule has 334 valence electrons. The molecule has 0 radical (unpaired) electrons. The number of anilines is 6. The molecule has 4 nitrogen and oxygen atoms in total. The Morgan fingerprint density at radius 2 is 0.794 bits per heavy atom. The first-order valence-electron chi connectivity index (χ1n) is 24.6. The molecule has 10 aromatic carbocycles. The fourth-order valence-electron chi connectivity index (χ4n) is 10.9. The summed E-state index contributed by atoms with van der Waals surface area (Å²) in [4.78, 5) is 4.84. The van der Waals surface area contributed by atoms with Gasteiger partial charge in [-0.2, -0.15) is 0 Å². The molecule has 12 rings (SSSR count). The van der Waals surface area contributed by atoms with Crippen LogP contribution in [-0.2, 0) is 18.3 Å². The zero-order valence-electron chi connectivity index (χ0n) is 39.7. The van der Waals surface area contributed by atoms with E-state index in [0.29, 0.717) is 0 Å². The summed E-state index contributed by atoms with van der Waals surface area (Å²) in [5.74, 6) is 0. The minimum Gasteiger partial charge on any atom is -0.454 e. The van der Waals surface area contributed by atoms with Gasteiger partial charge in [0.05, 0.1) is 22.7 Å². The highest BCUT2D eigenvalue weighted by atomic mass is 16.3. The molecule has 0 fully saturated rings. The van der Waals surface area contributed by atoms with Gasteiger partial charge >= 0.3 is 0 Å². The number of unbranched alkanes of at least 4 members (excludes halogenated alkanes) is 2. The lowest BCUT2D eigenvalue weighted by molar-refractivity contribution is 0.590. The molecule has 2 heterocycles. The number of fused-ring (bicyclic) bond motifs is 6. The average molecular weight is 885 g/mol. The molecule has 0 atom stereocenters. The Hall–Kier alpha value is -7.56. The predicted octanol–water partition coefficient (Wildman–Crippen LogP) is 19.3. The lowest BCUT2D eigenvalue weighted by Gasteiger charge is -2.29. The van der Waals surface area contributed by atoms with Crippen LogP contribution in [0.15, 0.2) is 185 Å². The van der Waals surface area contributed by atoms with Crippen LogP contribution in [0.25, 0.3) is 76.2 Å². The second kappa shape index (κ2) is 16.6. The summed E-state index contributed by atoms with van der Waals surface area (Å²) in [6.07, 6.45) is 6.51. The predicted molar refractivity (Wildman–Crippen MR) is 290 cm³/mol. The highest BCUT2D eigenvalue weighted by Crippen LogP contribution is 2.51. The summed E-state index contributed by atoms with van der Waals surface area (Å²) < 4.78 is 14.1. The molecule has 0 N–H and O–H groups in total. The van der Waals surface area contributed by atoms with Crippen molar-refractivity contribution in [2.75, 3.05) is 9.80 Å². The smallest absolute Gasteiger partial charge is 0.159 e. The normalized spacial score (nSPS) is 12.2. The molecule has 0 aliphatic rings. The molecule has 0 saturated carbocycles. The molecule has 2 aromatic heterocycles. The van der Waals surface area contributed by atoms with Gasteiger partial charge < -0.3 is 18.6 Å². The van der Waals surface area contributed by atoms with Gasteiger partial charge in [0.2, 0.25) is 0 Å². The standard InChI is InChI=1S/C64H56N2O2/c1-6-8-17-43-19-13-23-48-50-25-15-27-56(62(50)67-60(43)48)65(46-21-11-10-12-22-46)54-39-31-41-30-38-53-55(40-32-42-29-37-52(54)58(41)59(42)53)66(47-35-33-45(34-36-47)64(3,4)5)57-28-16-26-51-49-24-14-20-44(18-9-7-2)61(49)68-63(51)57/h10-16,19-40H,6-9,17-18H2,1-5H3.